The lowest BCUT2D eigenvalue weighted by Crippen LogP contribution is -2.40. The molecule has 2 unspecified atom stereocenters. The van der Waals surface area contributed by atoms with Crippen LogP contribution < -0.4 is 15.5 Å². The van der Waals surface area contributed by atoms with Crippen molar-refractivity contribution in [3.05, 3.63) is 12.4 Å². The summed E-state index contributed by atoms with van der Waals surface area (Å²) in [5, 5.41) is 6.64. The molecule has 1 aliphatic carbocycles. The first kappa shape index (κ1) is 20.4. The molecule has 3 aliphatic rings. The molecule has 1 saturated carbocycles. The summed E-state index contributed by atoms with van der Waals surface area (Å²) in [6, 6.07) is 3.21. The van der Waals surface area contributed by atoms with E-state index in [1.165, 1.54) is 38.6 Å². The average Bonchev–Trinajstić information content (AvgIpc) is 3.44. The van der Waals surface area contributed by atoms with Gasteiger partial charge >= 0.3 is 0 Å². The number of carbonyl (C=O) groups is 1. The van der Waals surface area contributed by atoms with Crippen LogP contribution in [0.25, 0.3) is 0 Å². The number of likely N-dealkylation sites (tertiary alicyclic amines) is 1. The Labute approximate surface area is 174 Å². The van der Waals surface area contributed by atoms with Crippen LogP contribution in [-0.2, 0) is 4.79 Å². The summed E-state index contributed by atoms with van der Waals surface area (Å²) >= 11 is 0. The Morgan fingerprint density at radius 2 is 2.03 bits per heavy atom. The summed E-state index contributed by atoms with van der Waals surface area (Å²) in [7, 11) is 0. The Morgan fingerprint density at radius 1 is 1.17 bits per heavy atom. The van der Waals surface area contributed by atoms with Gasteiger partial charge in [0.05, 0.1) is 0 Å². The van der Waals surface area contributed by atoms with E-state index in [4.69, 9.17) is 0 Å². The van der Waals surface area contributed by atoms with Gasteiger partial charge in [0.15, 0.2) is 0 Å². The topological polar surface area (TPSA) is 73.4 Å². The van der Waals surface area contributed by atoms with Crippen LogP contribution in [0.5, 0.6) is 0 Å². The summed E-state index contributed by atoms with van der Waals surface area (Å²) in [5.74, 6) is 2.72. The van der Waals surface area contributed by atoms with E-state index in [0.29, 0.717) is 24.4 Å². The van der Waals surface area contributed by atoms with Crippen molar-refractivity contribution in [2.24, 2.45) is 5.92 Å². The first-order valence-electron chi connectivity index (χ1n) is 11.6. The lowest BCUT2D eigenvalue weighted by atomic mass is 9.93. The van der Waals surface area contributed by atoms with Crippen molar-refractivity contribution in [1.82, 2.24) is 20.2 Å². The standard InChI is InChI=1S/C22H36N6O/c1-2-27-11-4-6-19(27)14-23-22(29)10-7-17-5-3-12-28(15-17)21-13-20(24-16-25-21)26-18-8-9-18/h13,16-19H,2-12,14-15H2,1H3,(H,23,29)(H,24,25,26). The van der Waals surface area contributed by atoms with Crippen LogP contribution >= 0.6 is 0 Å². The molecule has 1 aromatic rings. The highest BCUT2D eigenvalue weighted by Gasteiger charge is 2.25. The summed E-state index contributed by atoms with van der Waals surface area (Å²) in [4.78, 5) is 26.1. The lowest BCUT2D eigenvalue weighted by molar-refractivity contribution is -0.121. The van der Waals surface area contributed by atoms with Gasteiger partial charge in [-0.15, -0.1) is 0 Å². The van der Waals surface area contributed by atoms with Crippen LogP contribution in [-0.4, -0.2) is 65.6 Å². The SMILES string of the molecule is CCN1CCCC1CNC(=O)CCC1CCCN(c2cc(NC3CC3)ncn2)C1. The molecule has 160 valence electrons. The van der Waals surface area contributed by atoms with Gasteiger partial charge in [-0.2, -0.15) is 0 Å². The Bertz CT molecular complexity index is 679. The highest BCUT2D eigenvalue weighted by Crippen LogP contribution is 2.28. The molecule has 29 heavy (non-hydrogen) atoms. The van der Waals surface area contributed by atoms with Crippen molar-refractivity contribution in [2.45, 2.75) is 70.4 Å². The maximum atomic E-state index is 12.4. The molecule has 0 spiro atoms. The Hall–Kier alpha value is -1.89. The van der Waals surface area contributed by atoms with E-state index in [2.05, 4.69) is 43.4 Å². The van der Waals surface area contributed by atoms with Gasteiger partial charge in [0, 0.05) is 44.2 Å². The molecule has 7 heteroatoms. The van der Waals surface area contributed by atoms with Gasteiger partial charge < -0.3 is 15.5 Å². The van der Waals surface area contributed by atoms with E-state index < -0.39 is 0 Å². The number of piperidine rings is 1. The van der Waals surface area contributed by atoms with E-state index in [1.54, 1.807) is 6.33 Å². The number of amides is 1. The molecule has 0 aromatic carbocycles. The number of nitrogens with one attached hydrogen (secondary N) is 2. The molecule has 2 aliphatic heterocycles. The number of aromatic nitrogens is 2. The number of hydrogen-bond acceptors (Lipinski definition) is 6. The summed E-state index contributed by atoms with van der Waals surface area (Å²) < 4.78 is 0. The second kappa shape index (κ2) is 9.74. The maximum absolute atomic E-state index is 12.4. The van der Waals surface area contributed by atoms with E-state index in [9.17, 15) is 4.79 Å². The van der Waals surface area contributed by atoms with Crippen molar-refractivity contribution in [3.63, 3.8) is 0 Å². The minimum atomic E-state index is 0.211. The summed E-state index contributed by atoms with van der Waals surface area (Å²) in [6.07, 6.45) is 10.6. The summed E-state index contributed by atoms with van der Waals surface area (Å²) in [5.41, 5.74) is 0. The first-order valence-corrected chi connectivity index (χ1v) is 11.6. The van der Waals surface area contributed by atoms with Crippen LogP contribution in [0.15, 0.2) is 12.4 Å². The number of hydrogen-bond donors (Lipinski definition) is 2. The Balaban J connectivity index is 1.21. The fraction of sp³-hybridized carbons (Fsp3) is 0.773. The van der Waals surface area contributed by atoms with Crippen molar-refractivity contribution in [1.29, 1.82) is 0 Å². The molecule has 3 heterocycles. The van der Waals surface area contributed by atoms with E-state index >= 15 is 0 Å². The van der Waals surface area contributed by atoms with Crippen molar-refractivity contribution in [3.8, 4) is 0 Å². The number of nitrogens with zero attached hydrogens (tertiary/aromatic N) is 4. The Kier molecular flexibility index (Phi) is 6.85. The quantitative estimate of drug-likeness (QED) is 0.664. The predicted octanol–water partition coefficient (Wildman–Crippen LogP) is 2.65. The predicted molar refractivity (Wildman–Crippen MR) is 116 cm³/mol. The molecule has 1 amide bonds. The van der Waals surface area contributed by atoms with Gasteiger partial charge in [-0.25, -0.2) is 9.97 Å². The fourth-order valence-corrected chi connectivity index (χ4v) is 4.74. The molecular weight excluding hydrogens is 364 g/mol. The summed E-state index contributed by atoms with van der Waals surface area (Å²) in [6.45, 7) is 7.30. The maximum Gasteiger partial charge on any atom is 0.220 e. The number of carbonyl (C=O) groups excluding carboxylic acids is 1. The zero-order valence-electron chi connectivity index (χ0n) is 17.8. The molecule has 0 bridgehead atoms. The van der Waals surface area contributed by atoms with Crippen LogP contribution in [0, 0.1) is 5.92 Å². The fourth-order valence-electron chi connectivity index (χ4n) is 4.74. The van der Waals surface area contributed by atoms with Gasteiger partial charge in [0.2, 0.25) is 5.91 Å². The molecule has 0 radical (unpaired) electrons. The van der Waals surface area contributed by atoms with Crippen LogP contribution in [0.2, 0.25) is 0 Å². The van der Waals surface area contributed by atoms with Gasteiger partial charge in [-0.1, -0.05) is 6.92 Å². The van der Waals surface area contributed by atoms with Gasteiger partial charge in [0.1, 0.15) is 18.0 Å². The average molecular weight is 401 g/mol. The van der Waals surface area contributed by atoms with Crippen LogP contribution in [0.3, 0.4) is 0 Å². The normalized spacial score (nSPS) is 25.2. The number of anilines is 2. The molecule has 4 rings (SSSR count). The Morgan fingerprint density at radius 3 is 2.86 bits per heavy atom. The van der Waals surface area contributed by atoms with Gasteiger partial charge in [0.25, 0.3) is 0 Å². The first-order chi connectivity index (χ1) is 14.2. The molecule has 2 N–H and O–H groups in total. The molecule has 1 aromatic heterocycles. The largest absolute Gasteiger partial charge is 0.367 e. The molecule has 3 fully saturated rings. The highest BCUT2D eigenvalue weighted by molar-refractivity contribution is 5.75. The highest BCUT2D eigenvalue weighted by atomic mass is 16.1. The van der Waals surface area contributed by atoms with Crippen molar-refractivity contribution in [2.75, 3.05) is 42.9 Å². The van der Waals surface area contributed by atoms with Crippen LogP contribution in [0.1, 0.15) is 58.3 Å². The van der Waals surface area contributed by atoms with Crippen LogP contribution in [0.4, 0.5) is 11.6 Å². The van der Waals surface area contributed by atoms with E-state index in [0.717, 1.165) is 50.7 Å². The van der Waals surface area contributed by atoms with Crippen molar-refractivity contribution < 1.29 is 4.79 Å². The molecule has 7 nitrogen and oxygen atoms in total. The third-order valence-corrected chi connectivity index (χ3v) is 6.64. The number of rotatable bonds is 9. The third kappa shape index (κ3) is 5.81. The minimum absolute atomic E-state index is 0.211. The van der Waals surface area contributed by atoms with E-state index in [1.807, 2.05) is 0 Å². The lowest BCUT2D eigenvalue weighted by Gasteiger charge is -2.33. The molecule has 2 atom stereocenters. The third-order valence-electron chi connectivity index (χ3n) is 6.64. The van der Waals surface area contributed by atoms with Crippen molar-refractivity contribution >= 4 is 17.5 Å². The van der Waals surface area contributed by atoms with Gasteiger partial charge in [-0.3, -0.25) is 9.69 Å². The molecular formula is C22H36N6O. The second-order valence-electron chi connectivity index (χ2n) is 8.90. The van der Waals surface area contributed by atoms with Gasteiger partial charge in [-0.05, 0) is 64.0 Å². The minimum Gasteiger partial charge on any atom is -0.367 e. The van der Waals surface area contributed by atoms with E-state index in [-0.39, 0.29) is 5.91 Å². The zero-order chi connectivity index (χ0) is 20.1. The number of likely N-dealkylation sites (N-methyl/N-ethyl adjacent to an activating group) is 1. The molecule has 2 saturated heterocycles. The zero-order valence-corrected chi connectivity index (χ0v) is 17.8. The second-order valence-corrected chi connectivity index (χ2v) is 8.90. The monoisotopic (exact) mass is 400 g/mol. The smallest absolute Gasteiger partial charge is 0.220 e.